The van der Waals surface area contributed by atoms with Crippen LogP contribution in [0.4, 0.5) is 5.69 Å². The summed E-state index contributed by atoms with van der Waals surface area (Å²) in [6.45, 7) is 0. The molecule has 2 heterocycles. The maximum Gasteiger partial charge on any atom is 0.272 e. The number of aromatic amines is 1. The van der Waals surface area contributed by atoms with Crippen LogP contribution in [-0.4, -0.2) is 44.3 Å². The molecule has 0 unspecified atom stereocenters. The fourth-order valence-corrected chi connectivity index (χ4v) is 3.49. The number of anilines is 1. The molecule has 0 aliphatic heterocycles. The molecule has 4 rings (SSSR count). The number of nitrogens with one attached hydrogen (secondary N) is 2. The standard InChI is InChI=1S/C24H23N3O5/c1-29-20-8-6-5-7-15(20)16-9-10-17-18(26-16)13-19(27-17)24(28)25-14-11-21(30-2)23(32-4)22(12-14)31-3/h5-13,27H,1-4H3,(H,25,28). The number of hydrogen-bond acceptors (Lipinski definition) is 6. The molecule has 0 spiro atoms. The van der Waals surface area contributed by atoms with Crippen LogP contribution in [0.5, 0.6) is 23.0 Å². The number of methoxy groups -OCH3 is 4. The largest absolute Gasteiger partial charge is 0.496 e. The minimum Gasteiger partial charge on any atom is -0.496 e. The number of ether oxygens (including phenoxy) is 4. The van der Waals surface area contributed by atoms with Gasteiger partial charge in [0.15, 0.2) is 11.5 Å². The van der Waals surface area contributed by atoms with Crippen LogP contribution in [0.2, 0.25) is 0 Å². The highest BCUT2D eigenvalue weighted by Crippen LogP contribution is 2.40. The lowest BCUT2D eigenvalue weighted by molar-refractivity contribution is 0.102. The van der Waals surface area contributed by atoms with Crippen LogP contribution in [0.3, 0.4) is 0 Å². The molecule has 164 valence electrons. The summed E-state index contributed by atoms with van der Waals surface area (Å²) in [5.41, 5.74) is 3.93. The number of hydrogen-bond donors (Lipinski definition) is 2. The van der Waals surface area contributed by atoms with Gasteiger partial charge >= 0.3 is 0 Å². The molecule has 0 fully saturated rings. The Hall–Kier alpha value is -4.20. The predicted molar refractivity (Wildman–Crippen MR) is 122 cm³/mol. The number of H-pyrrole nitrogens is 1. The van der Waals surface area contributed by atoms with E-state index in [2.05, 4.69) is 10.3 Å². The SMILES string of the molecule is COc1ccccc1-c1ccc2[nH]c(C(=O)Nc3cc(OC)c(OC)c(OC)c3)cc2n1. The Morgan fingerprint density at radius 2 is 1.53 bits per heavy atom. The van der Waals surface area contributed by atoms with E-state index in [1.807, 2.05) is 36.4 Å². The Bertz CT molecular complexity index is 1260. The topological polar surface area (TPSA) is 94.7 Å². The lowest BCUT2D eigenvalue weighted by atomic mass is 10.1. The third-order valence-electron chi connectivity index (χ3n) is 5.03. The average Bonchev–Trinajstić information content (AvgIpc) is 3.27. The van der Waals surface area contributed by atoms with Crippen LogP contribution in [0.1, 0.15) is 10.5 Å². The number of fused-ring (bicyclic) bond motifs is 1. The van der Waals surface area contributed by atoms with E-state index in [0.717, 1.165) is 22.5 Å². The second kappa shape index (κ2) is 8.89. The molecule has 0 radical (unpaired) electrons. The van der Waals surface area contributed by atoms with Crippen molar-refractivity contribution in [2.24, 2.45) is 0 Å². The van der Waals surface area contributed by atoms with Crippen LogP contribution in [0.25, 0.3) is 22.3 Å². The van der Waals surface area contributed by atoms with Gasteiger partial charge in [0.05, 0.1) is 45.2 Å². The van der Waals surface area contributed by atoms with E-state index in [4.69, 9.17) is 23.9 Å². The lowest BCUT2D eigenvalue weighted by Gasteiger charge is -2.14. The van der Waals surface area contributed by atoms with E-state index in [-0.39, 0.29) is 5.91 Å². The minimum atomic E-state index is -0.323. The zero-order chi connectivity index (χ0) is 22.7. The van der Waals surface area contributed by atoms with Crippen LogP contribution in [0, 0.1) is 0 Å². The maximum atomic E-state index is 12.9. The van der Waals surface area contributed by atoms with Gasteiger partial charge in [0.25, 0.3) is 5.91 Å². The molecule has 0 bridgehead atoms. The number of pyridine rings is 1. The molecule has 0 aliphatic rings. The first-order chi connectivity index (χ1) is 15.6. The molecule has 4 aromatic rings. The lowest BCUT2D eigenvalue weighted by Crippen LogP contribution is -2.12. The number of para-hydroxylation sites is 1. The average molecular weight is 433 g/mol. The molecule has 2 aromatic carbocycles. The zero-order valence-electron chi connectivity index (χ0n) is 18.2. The van der Waals surface area contributed by atoms with E-state index >= 15 is 0 Å². The second-order valence-corrected chi connectivity index (χ2v) is 6.88. The van der Waals surface area contributed by atoms with E-state index in [0.29, 0.717) is 34.1 Å². The zero-order valence-corrected chi connectivity index (χ0v) is 18.2. The van der Waals surface area contributed by atoms with Gasteiger partial charge in [-0.05, 0) is 30.3 Å². The fraction of sp³-hybridized carbons (Fsp3) is 0.167. The van der Waals surface area contributed by atoms with Crippen molar-refractivity contribution in [2.75, 3.05) is 33.8 Å². The fourth-order valence-electron chi connectivity index (χ4n) is 3.49. The molecule has 0 saturated heterocycles. The molecule has 2 aromatic heterocycles. The van der Waals surface area contributed by atoms with Crippen molar-refractivity contribution in [1.82, 2.24) is 9.97 Å². The van der Waals surface area contributed by atoms with Gasteiger partial charge in [-0.15, -0.1) is 0 Å². The van der Waals surface area contributed by atoms with E-state index in [1.165, 1.54) is 21.3 Å². The van der Waals surface area contributed by atoms with Gasteiger partial charge < -0.3 is 29.2 Å². The predicted octanol–water partition coefficient (Wildman–Crippen LogP) is 4.52. The van der Waals surface area contributed by atoms with E-state index in [1.54, 1.807) is 25.3 Å². The Labute approximate surface area is 185 Å². The molecule has 32 heavy (non-hydrogen) atoms. The van der Waals surface area contributed by atoms with Gasteiger partial charge in [0.1, 0.15) is 11.4 Å². The van der Waals surface area contributed by atoms with Crippen LogP contribution >= 0.6 is 0 Å². The van der Waals surface area contributed by atoms with Gasteiger partial charge in [-0.1, -0.05) is 12.1 Å². The van der Waals surface area contributed by atoms with Crippen molar-refractivity contribution in [3.8, 4) is 34.3 Å². The van der Waals surface area contributed by atoms with Gasteiger partial charge in [0, 0.05) is 23.4 Å². The summed E-state index contributed by atoms with van der Waals surface area (Å²) in [5, 5.41) is 2.85. The third-order valence-corrected chi connectivity index (χ3v) is 5.03. The molecule has 8 heteroatoms. The summed E-state index contributed by atoms with van der Waals surface area (Å²) in [7, 11) is 6.19. The first kappa shape index (κ1) is 21.0. The molecule has 0 saturated carbocycles. The highest BCUT2D eigenvalue weighted by atomic mass is 16.5. The van der Waals surface area contributed by atoms with Gasteiger partial charge in [-0.25, -0.2) is 4.98 Å². The van der Waals surface area contributed by atoms with Gasteiger partial charge in [0.2, 0.25) is 5.75 Å². The third kappa shape index (κ3) is 3.90. The Morgan fingerprint density at radius 1 is 0.844 bits per heavy atom. The number of nitrogens with zero attached hydrogens (tertiary/aromatic N) is 1. The normalized spacial score (nSPS) is 10.6. The van der Waals surface area contributed by atoms with Crippen molar-refractivity contribution < 1.29 is 23.7 Å². The highest BCUT2D eigenvalue weighted by molar-refractivity contribution is 6.06. The van der Waals surface area contributed by atoms with E-state index in [9.17, 15) is 4.79 Å². The van der Waals surface area contributed by atoms with Crippen LogP contribution in [0.15, 0.2) is 54.6 Å². The van der Waals surface area contributed by atoms with Gasteiger partial charge in [-0.3, -0.25) is 4.79 Å². The van der Waals surface area contributed by atoms with Crippen molar-refractivity contribution in [2.45, 2.75) is 0 Å². The smallest absolute Gasteiger partial charge is 0.272 e. The van der Waals surface area contributed by atoms with E-state index < -0.39 is 0 Å². The molecule has 8 nitrogen and oxygen atoms in total. The summed E-state index contributed by atoms with van der Waals surface area (Å²) < 4.78 is 21.4. The Morgan fingerprint density at radius 3 is 2.19 bits per heavy atom. The number of aromatic nitrogens is 2. The second-order valence-electron chi connectivity index (χ2n) is 6.88. The Balaban J connectivity index is 1.64. The summed E-state index contributed by atoms with van der Waals surface area (Å²) in [6.07, 6.45) is 0. The minimum absolute atomic E-state index is 0.323. The first-order valence-electron chi connectivity index (χ1n) is 9.82. The first-order valence-corrected chi connectivity index (χ1v) is 9.82. The Kier molecular flexibility index (Phi) is 5.85. The summed E-state index contributed by atoms with van der Waals surface area (Å²) in [6, 6.07) is 16.5. The molecular weight excluding hydrogens is 410 g/mol. The maximum absolute atomic E-state index is 12.9. The summed E-state index contributed by atoms with van der Waals surface area (Å²) >= 11 is 0. The quantitative estimate of drug-likeness (QED) is 0.445. The summed E-state index contributed by atoms with van der Waals surface area (Å²) in [5.74, 6) is 1.75. The highest BCUT2D eigenvalue weighted by Gasteiger charge is 2.17. The molecule has 0 atom stereocenters. The van der Waals surface area contributed by atoms with Crippen LogP contribution < -0.4 is 24.3 Å². The number of carbonyl (C=O) groups is 1. The molecular formula is C24H23N3O5. The van der Waals surface area contributed by atoms with Gasteiger partial charge in [-0.2, -0.15) is 0 Å². The van der Waals surface area contributed by atoms with Crippen molar-refractivity contribution in [3.63, 3.8) is 0 Å². The molecule has 2 N–H and O–H groups in total. The van der Waals surface area contributed by atoms with Crippen molar-refractivity contribution in [1.29, 1.82) is 0 Å². The van der Waals surface area contributed by atoms with Crippen molar-refractivity contribution >= 4 is 22.6 Å². The number of benzene rings is 2. The molecule has 0 aliphatic carbocycles. The number of amides is 1. The summed E-state index contributed by atoms with van der Waals surface area (Å²) in [4.78, 5) is 20.7. The number of carbonyl (C=O) groups excluding carboxylic acids is 1. The van der Waals surface area contributed by atoms with Crippen molar-refractivity contribution in [3.05, 3.63) is 60.3 Å². The van der Waals surface area contributed by atoms with Crippen LogP contribution in [-0.2, 0) is 0 Å². The molecule has 1 amide bonds. The monoisotopic (exact) mass is 433 g/mol. The number of rotatable bonds is 7.